The van der Waals surface area contributed by atoms with Gasteiger partial charge in [-0.2, -0.15) is 13.2 Å². The van der Waals surface area contributed by atoms with Gasteiger partial charge in [-0.25, -0.2) is 4.79 Å². The molecule has 96 valence electrons. The molecule has 1 unspecified atom stereocenters. The lowest BCUT2D eigenvalue weighted by molar-refractivity contribution is -0.205. The third kappa shape index (κ3) is 6.66. The van der Waals surface area contributed by atoms with Crippen molar-refractivity contribution < 1.29 is 27.8 Å². The fraction of sp³-hybridized carbons (Fsp3) is 0.900. The molecule has 0 aromatic carbocycles. The summed E-state index contributed by atoms with van der Waals surface area (Å²) >= 11 is 0. The fourth-order valence-corrected chi connectivity index (χ4v) is 0.975. The summed E-state index contributed by atoms with van der Waals surface area (Å²) in [7, 11) is 0. The largest absolute Gasteiger partial charge is 0.490 e. The van der Waals surface area contributed by atoms with Crippen molar-refractivity contribution in [2.75, 3.05) is 6.61 Å². The van der Waals surface area contributed by atoms with Crippen LogP contribution in [0.5, 0.6) is 0 Å². The zero-order valence-corrected chi connectivity index (χ0v) is 9.60. The van der Waals surface area contributed by atoms with Crippen molar-refractivity contribution in [1.29, 1.82) is 0 Å². The summed E-state index contributed by atoms with van der Waals surface area (Å²) in [4.78, 5) is 10.4. The van der Waals surface area contributed by atoms with Gasteiger partial charge in [-0.15, -0.1) is 0 Å². The minimum absolute atomic E-state index is 0.288. The van der Waals surface area contributed by atoms with Crippen LogP contribution in [0, 0.1) is 5.92 Å². The van der Waals surface area contributed by atoms with E-state index in [2.05, 4.69) is 4.74 Å². The summed E-state index contributed by atoms with van der Waals surface area (Å²) in [6.07, 6.45) is -4.07. The van der Waals surface area contributed by atoms with Crippen LogP contribution in [0.2, 0.25) is 0 Å². The van der Waals surface area contributed by atoms with Gasteiger partial charge in [0.1, 0.15) is 6.61 Å². The van der Waals surface area contributed by atoms with Gasteiger partial charge in [-0.3, -0.25) is 0 Å². The van der Waals surface area contributed by atoms with Gasteiger partial charge in [0.25, 0.3) is 0 Å². The summed E-state index contributed by atoms with van der Waals surface area (Å²) in [6.45, 7) is 4.56. The molecule has 1 atom stereocenters. The second kappa shape index (κ2) is 5.52. The lowest BCUT2D eigenvalue weighted by Crippen LogP contribution is -2.36. The molecule has 6 heteroatoms. The van der Waals surface area contributed by atoms with Crippen molar-refractivity contribution in [1.82, 2.24) is 0 Å². The van der Waals surface area contributed by atoms with E-state index in [1.165, 1.54) is 6.92 Å². The maximum atomic E-state index is 11.8. The van der Waals surface area contributed by atoms with E-state index in [1.54, 1.807) is 0 Å². The Labute approximate surface area is 92.6 Å². The first kappa shape index (κ1) is 15.2. The van der Waals surface area contributed by atoms with Crippen LogP contribution in [-0.4, -0.2) is 29.5 Å². The van der Waals surface area contributed by atoms with E-state index in [4.69, 9.17) is 0 Å². The Balaban J connectivity index is 4.04. The second-order valence-corrected chi connectivity index (χ2v) is 4.50. The Morgan fingerprint density at radius 2 is 1.88 bits per heavy atom. The Bertz CT molecular complexity index is 234. The van der Waals surface area contributed by atoms with Crippen LogP contribution in [0.15, 0.2) is 0 Å². The van der Waals surface area contributed by atoms with Crippen molar-refractivity contribution in [2.24, 2.45) is 5.92 Å². The number of hydrogen-bond acceptors (Lipinski definition) is 3. The van der Waals surface area contributed by atoms with Gasteiger partial charge in [0.05, 0.1) is 5.60 Å². The first-order valence-corrected chi connectivity index (χ1v) is 5.01. The van der Waals surface area contributed by atoms with E-state index >= 15 is 0 Å². The molecule has 0 amide bonds. The summed E-state index contributed by atoms with van der Waals surface area (Å²) in [5.41, 5.74) is -1.41. The first-order chi connectivity index (χ1) is 7.04. The maximum Gasteiger partial charge on any atom is 0.490 e. The third-order valence-electron chi connectivity index (χ3n) is 2.01. The van der Waals surface area contributed by atoms with E-state index in [1.807, 2.05) is 13.8 Å². The number of hydrogen-bond donors (Lipinski definition) is 1. The topological polar surface area (TPSA) is 46.5 Å². The highest BCUT2D eigenvalue weighted by Crippen LogP contribution is 2.20. The normalized spacial score (nSPS) is 16.0. The Kier molecular flexibility index (Phi) is 5.25. The molecule has 0 fully saturated rings. The Hall–Kier alpha value is -0.780. The van der Waals surface area contributed by atoms with E-state index in [0.717, 1.165) is 0 Å². The van der Waals surface area contributed by atoms with Gasteiger partial charge in [-0.1, -0.05) is 13.8 Å². The molecular weight excluding hydrogens is 225 g/mol. The monoisotopic (exact) mass is 242 g/mol. The second-order valence-electron chi connectivity index (χ2n) is 4.50. The average Bonchev–Trinajstić information content (AvgIpc) is 2.10. The fourth-order valence-electron chi connectivity index (χ4n) is 0.975. The van der Waals surface area contributed by atoms with E-state index < -0.39 is 24.4 Å². The molecule has 16 heavy (non-hydrogen) atoms. The predicted molar refractivity (Wildman–Crippen MR) is 51.7 cm³/mol. The molecule has 0 aliphatic heterocycles. The van der Waals surface area contributed by atoms with E-state index in [0.29, 0.717) is 12.3 Å². The van der Waals surface area contributed by atoms with Crippen LogP contribution < -0.4 is 0 Å². The summed E-state index contributed by atoms with van der Waals surface area (Å²) in [6, 6.07) is 0. The molecule has 0 saturated heterocycles. The molecule has 0 aromatic rings. The molecule has 0 bridgehead atoms. The van der Waals surface area contributed by atoms with Crippen LogP contribution >= 0.6 is 0 Å². The molecule has 0 saturated carbocycles. The minimum atomic E-state index is -5.01. The van der Waals surface area contributed by atoms with Gasteiger partial charge < -0.3 is 9.84 Å². The molecular formula is C10H17F3O3. The number of alkyl halides is 3. The molecule has 0 spiro atoms. The molecule has 0 aromatic heterocycles. The number of carbonyl (C=O) groups excluding carboxylic acids is 1. The molecule has 3 nitrogen and oxygen atoms in total. The van der Waals surface area contributed by atoms with Crippen LogP contribution in [0.3, 0.4) is 0 Å². The maximum absolute atomic E-state index is 11.8. The van der Waals surface area contributed by atoms with Gasteiger partial charge in [0, 0.05) is 0 Å². The predicted octanol–water partition coefficient (Wildman–Crippen LogP) is 2.28. The molecule has 0 aliphatic carbocycles. The van der Waals surface area contributed by atoms with Crippen LogP contribution in [0.1, 0.15) is 33.6 Å². The lowest BCUT2D eigenvalue weighted by atomic mass is 9.96. The van der Waals surface area contributed by atoms with E-state index in [-0.39, 0.29) is 6.42 Å². The van der Waals surface area contributed by atoms with Crippen molar-refractivity contribution in [3.63, 3.8) is 0 Å². The SMILES string of the molecule is CC(C)CCC(C)(O)COC(=O)C(F)(F)F. The molecule has 1 N–H and O–H groups in total. The number of carbonyl (C=O) groups is 1. The van der Waals surface area contributed by atoms with Gasteiger partial charge in [0.2, 0.25) is 0 Å². The van der Waals surface area contributed by atoms with Crippen molar-refractivity contribution in [3.8, 4) is 0 Å². The zero-order chi connectivity index (χ0) is 13.0. The Morgan fingerprint density at radius 1 is 1.38 bits per heavy atom. The Morgan fingerprint density at radius 3 is 2.25 bits per heavy atom. The standard InChI is InChI=1S/C10H17F3O3/c1-7(2)4-5-9(3,15)6-16-8(14)10(11,12)13/h7,15H,4-6H2,1-3H3. The quantitative estimate of drug-likeness (QED) is 0.752. The van der Waals surface area contributed by atoms with Crippen LogP contribution in [0.4, 0.5) is 13.2 Å². The smallest absolute Gasteiger partial charge is 0.456 e. The number of rotatable bonds is 5. The number of aliphatic hydroxyl groups is 1. The lowest BCUT2D eigenvalue weighted by Gasteiger charge is -2.23. The van der Waals surface area contributed by atoms with Crippen molar-refractivity contribution >= 4 is 5.97 Å². The summed E-state index contributed by atoms with van der Waals surface area (Å²) < 4.78 is 39.3. The summed E-state index contributed by atoms with van der Waals surface area (Å²) in [5.74, 6) is -1.94. The highest BCUT2D eigenvalue weighted by Gasteiger charge is 2.41. The van der Waals surface area contributed by atoms with Gasteiger partial charge in [0.15, 0.2) is 0 Å². The van der Waals surface area contributed by atoms with Gasteiger partial charge in [-0.05, 0) is 25.7 Å². The molecule has 0 rings (SSSR count). The number of esters is 1. The number of halogens is 3. The average molecular weight is 242 g/mol. The highest BCUT2D eigenvalue weighted by molar-refractivity contribution is 5.75. The summed E-state index contributed by atoms with van der Waals surface area (Å²) in [5, 5.41) is 9.63. The molecule has 0 radical (unpaired) electrons. The van der Waals surface area contributed by atoms with Crippen LogP contribution in [0.25, 0.3) is 0 Å². The van der Waals surface area contributed by atoms with Gasteiger partial charge >= 0.3 is 12.1 Å². The van der Waals surface area contributed by atoms with Crippen molar-refractivity contribution in [3.05, 3.63) is 0 Å². The van der Waals surface area contributed by atoms with Crippen LogP contribution in [-0.2, 0) is 9.53 Å². The zero-order valence-electron chi connectivity index (χ0n) is 9.60. The third-order valence-corrected chi connectivity index (χ3v) is 2.01. The van der Waals surface area contributed by atoms with E-state index in [9.17, 15) is 23.1 Å². The molecule has 0 aliphatic rings. The molecule has 0 heterocycles. The first-order valence-electron chi connectivity index (χ1n) is 5.01. The van der Waals surface area contributed by atoms with Crippen molar-refractivity contribution in [2.45, 2.75) is 45.4 Å². The minimum Gasteiger partial charge on any atom is -0.456 e. The number of ether oxygens (including phenoxy) is 1. The highest BCUT2D eigenvalue weighted by atomic mass is 19.4.